The van der Waals surface area contributed by atoms with Crippen molar-refractivity contribution in [2.75, 3.05) is 32.1 Å². The normalized spacial score (nSPS) is 10.8. The molecule has 2 aromatic carbocycles. The summed E-state index contributed by atoms with van der Waals surface area (Å²) in [5.74, 6) is -0.104. The second-order valence-corrected chi connectivity index (χ2v) is 8.22. The van der Waals surface area contributed by atoms with Gasteiger partial charge in [0.1, 0.15) is 0 Å². The number of hydrogen-bond acceptors (Lipinski definition) is 5. The lowest BCUT2D eigenvalue weighted by molar-refractivity contribution is 0.0981. The monoisotopic (exact) mass is 431 g/mol. The fourth-order valence-electron chi connectivity index (χ4n) is 2.97. The lowest BCUT2D eigenvalue weighted by Gasteiger charge is -2.21. The van der Waals surface area contributed by atoms with E-state index in [0.717, 1.165) is 23.2 Å². The molecular weight excluding hydrogens is 406 g/mol. The van der Waals surface area contributed by atoms with Gasteiger partial charge in [0, 0.05) is 17.7 Å². The van der Waals surface area contributed by atoms with Crippen molar-refractivity contribution in [3.63, 3.8) is 0 Å². The van der Waals surface area contributed by atoms with E-state index in [4.69, 9.17) is 4.98 Å². The molecule has 7 heteroatoms. The lowest BCUT2D eigenvalue weighted by atomic mass is 10.1. The third kappa shape index (κ3) is 5.63. The van der Waals surface area contributed by atoms with Gasteiger partial charge in [-0.15, -0.1) is 12.4 Å². The van der Waals surface area contributed by atoms with Crippen molar-refractivity contribution in [3.05, 3.63) is 59.2 Å². The van der Waals surface area contributed by atoms with Gasteiger partial charge in [0.2, 0.25) is 0 Å². The molecule has 154 valence electrons. The van der Waals surface area contributed by atoms with Crippen LogP contribution in [-0.2, 0) is 0 Å². The maximum atomic E-state index is 13.2. The second-order valence-electron chi connectivity index (χ2n) is 7.21. The van der Waals surface area contributed by atoms with Crippen molar-refractivity contribution < 1.29 is 9.59 Å². The molecule has 0 aliphatic carbocycles. The Bertz CT molecular complexity index is 999. The van der Waals surface area contributed by atoms with Gasteiger partial charge >= 0.3 is 0 Å². The van der Waals surface area contributed by atoms with Gasteiger partial charge in [-0.1, -0.05) is 29.5 Å². The van der Waals surface area contributed by atoms with E-state index in [9.17, 15) is 9.59 Å². The van der Waals surface area contributed by atoms with Gasteiger partial charge in [0.15, 0.2) is 10.9 Å². The van der Waals surface area contributed by atoms with Crippen LogP contribution >= 0.6 is 23.7 Å². The average molecular weight is 432 g/mol. The van der Waals surface area contributed by atoms with Gasteiger partial charge in [0.05, 0.1) is 10.2 Å². The average Bonchev–Trinajstić information content (AvgIpc) is 3.07. The van der Waals surface area contributed by atoms with Crippen molar-refractivity contribution in [2.24, 2.45) is 0 Å². The maximum Gasteiger partial charge on any atom is 0.260 e. The zero-order valence-corrected chi connectivity index (χ0v) is 18.8. The first-order chi connectivity index (χ1) is 13.3. The van der Waals surface area contributed by atoms with E-state index in [1.165, 1.54) is 23.8 Å². The van der Waals surface area contributed by atoms with E-state index >= 15 is 0 Å². The van der Waals surface area contributed by atoms with Crippen molar-refractivity contribution in [3.8, 4) is 0 Å². The molecule has 3 aromatic rings. The lowest BCUT2D eigenvalue weighted by Crippen LogP contribution is -2.33. The van der Waals surface area contributed by atoms with E-state index in [0.29, 0.717) is 22.8 Å². The minimum atomic E-state index is -0.0929. The molecule has 3 rings (SSSR count). The van der Waals surface area contributed by atoms with Crippen LogP contribution in [0.3, 0.4) is 0 Å². The quantitative estimate of drug-likeness (QED) is 0.503. The molecule has 1 amide bonds. The summed E-state index contributed by atoms with van der Waals surface area (Å²) < 4.78 is 1.08. The second kappa shape index (κ2) is 9.96. The summed E-state index contributed by atoms with van der Waals surface area (Å²) in [7, 11) is 4.04. The third-order valence-electron chi connectivity index (χ3n) is 4.53. The van der Waals surface area contributed by atoms with Crippen LogP contribution in [0.2, 0.25) is 0 Å². The Kier molecular flexibility index (Phi) is 7.90. The highest BCUT2D eigenvalue weighted by Crippen LogP contribution is 2.30. The number of carbonyl (C=O) groups is 2. The topological polar surface area (TPSA) is 53.5 Å². The molecule has 0 spiro atoms. The number of Topliss-reactive ketones (excluding diaryl/α,β-unsaturated/α-hetero) is 1. The van der Waals surface area contributed by atoms with Crippen LogP contribution in [0.4, 0.5) is 5.13 Å². The van der Waals surface area contributed by atoms with E-state index < -0.39 is 0 Å². The van der Waals surface area contributed by atoms with Gasteiger partial charge in [-0.05, 0) is 70.7 Å². The fraction of sp³-hybridized carbons (Fsp3) is 0.318. The Morgan fingerprint density at radius 3 is 2.28 bits per heavy atom. The summed E-state index contributed by atoms with van der Waals surface area (Å²) in [5, 5.41) is 0.708. The number of nitrogens with zero attached hydrogens (tertiary/aromatic N) is 3. The smallest absolute Gasteiger partial charge is 0.260 e. The molecule has 29 heavy (non-hydrogen) atoms. The summed E-state index contributed by atoms with van der Waals surface area (Å²) in [6, 6.07) is 13.0. The van der Waals surface area contributed by atoms with Crippen molar-refractivity contribution in [2.45, 2.75) is 20.3 Å². The number of rotatable bonds is 7. The maximum absolute atomic E-state index is 13.2. The first kappa shape index (κ1) is 23.0. The fourth-order valence-corrected chi connectivity index (χ4v) is 4.06. The van der Waals surface area contributed by atoms with Gasteiger partial charge in [-0.25, -0.2) is 4.98 Å². The number of aryl methyl sites for hydroxylation is 1. The van der Waals surface area contributed by atoms with Crippen LogP contribution in [-0.4, -0.2) is 48.8 Å². The standard InChI is InChI=1S/C22H25N3O2S.ClH/c1-15-6-11-19-20(14-15)28-22(23-19)25(13-5-12-24(3)4)21(27)18-9-7-17(8-10-18)16(2)26;/h6-11,14H,5,12-13H2,1-4H3;1H. The Morgan fingerprint density at radius 1 is 1.00 bits per heavy atom. The predicted molar refractivity (Wildman–Crippen MR) is 123 cm³/mol. The Morgan fingerprint density at radius 2 is 1.66 bits per heavy atom. The van der Waals surface area contributed by atoms with Gasteiger partial charge in [-0.2, -0.15) is 0 Å². The first-order valence-electron chi connectivity index (χ1n) is 9.30. The molecule has 0 atom stereocenters. The van der Waals surface area contributed by atoms with Crippen LogP contribution in [0.25, 0.3) is 10.2 Å². The summed E-state index contributed by atoms with van der Waals surface area (Å²) in [6.45, 7) is 5.05. The molecule has 0 aliphatic rings. The van der Waals surface area contributed by atoms with E-state index in [-0.39, 0.29) is 24.1 Å². The molecule has 0 saturated heterocycles. The molecule has 1 heterocycles. The Balaban J connectivity index is 0.00000300. The molecule has 0 unspecified atom stereocenters. The van der Waals surface area contributed by atoms with Crippen molar-refractivity contribution in [1.82, 2.24) is 9.88 Å². The first-order valence-corrected chi connectivity index (χ1v) is 10.1. The van der Waals surface area contributed by atoms with Crippen molar-refractivity contribution >= 4 is 50.8 Å². The largest absolute Gasteiger partial charge is 0.309 e. The number of aromatic nitrogens is 1. The molecule has 0 N–H and O–H groups in total. The van der Waals surface area contributed by atoms with Crippen LogP contribution in [0.15, 0.2) is 42.5 Å². The summed E-state index contributed by atoms with van der Waals surface area (Å²) in [4.78, 5) is 33.3. The summed E-state index contributed by atoms with van der Waals surface area (Å²) >= 11 is 1.54. The molecule has 5 nitrogen and oxygen atoms in total. The van der Waals surface area contributed by atoms with E-state index in [1.54, 1.807) is 29.2 Å². The number of anilines is 1. The van der Waals surface area contributed by atoms with Gasteiger partial charge < -0.3 is 4.90 Å². The minimum Gasteiger partial charge on any atom is -0.309 e. The molecule has 0 saturated carbocycles. The number of thiazole rings is 1. The number of fused-ring (bicyclic) bond motifs is 1. The molecule has 1 aromatic heterocycles. The molecule has 0 bridgehead atoms. The van der Waals surface area contributed by atoms with Gasteiger partial charge in [0.25, 0.3) is 5.91 Å². The SMILES string of the molecule is CC(=O)c1ccc(C(=O)N(CCCN(C)C)c2nc3ccc(C)cc3s2)cc1.Cl. The highest BCUT2D eigenvalue weighted by Gasteiger charge is 2.21. The van der Waals surface area contributed by atoms with Crippen LogP contribution in [0.5, 0.6) is 0 Å². The number of benzene rings is 2. The predicted octanol–water partition coefficient (Wildman–Crippen LogP) is 4.83. The Labute approximate surface area is 181 Å². The number of halogens is 1. The Hall–Kier alpha value is -2.28. The van der Waals surface area contributed by atoms with Crippen LogP contribution in [0, 0.1) is 6.92 Å². The molecule has 0 fully saturated rings. The zero-order chi connectivity index (χ0) is 20.3. The number of ketones is 1. The summed E-state index contributed by atoms with van der Waals surface area (Å²) in [5.41, 5.74) is 3.24. The zero-order valence-electron chi connectivity index (χ0n) is 17.1. The van der Waals surface area contributed by atoms with Crippen LogP contribution < -0.4 is 4.90 Å². The summed E-state index contributed by atoms with van der Waals surface area (Å²) in [6.07, 6.45) is 0.846. The number of carbonyl (C=O) groups excluding carboxylic acids is 2. The molecule has 0 aliphatic heterocycles. The molecular formula is C22H26ClN3O2S. The number of amides is 1. The van der Waals surface area contributed by atoms with E-state index in [2.05, 4.69) is 17.9 Å². The molecule has 0 radical (unpaired) electrons. The van der Waals surface area contributed by atoms with Crippen molar-refractivity contribution in [1.29, 1.82) is 0 Å². The highest BCUT2D eigenvalue weighted by atomic mass is 35.5. The van der Waals surface area contributed by atoms with Gasteiger partial charge in [-0.3, -0.25) is 14.5 Å². The number of hydrogen-bond donors (Lipinski definition) is 0. The minimum absolute atomic E-state index is 0. The third-order valence-corrected chi connectivity index (χ3v) is 5.58. The van der Waals surface area contributed by atoms with Crippen LogP contribution in [0.1, 0.15) is 39.6 Å². The van der Waals surface area contributed by atoms with E-state index in [1.807, 2.05) is 26.2 Å². The highest BCUT2D eigenvalue weighted by molar-refractivity contribution is 7.22.